The number of carbonyl (C=O) groups excluding carboxylic acids is 2. The largest absolute Gasteiger partial charge is 0.343 e. The Morgan fingerprint density at radius 1 is 1.25 bits per heavy atom. The second kappa shape index (κ2) is 7.62. The molecular formula is C15H27N3O2. The second-order valence-corrected chi connectivity index (χ2v) is 5.81. The number of hydrogen-bond acceptors (Lipinski definition) is 3. The summed E-state index contributed by atoms with van der Waals surface area (Å²) in [5, 5.41) is 3.28. The number of amides is 2. The summed E-state index contributed by atoms with van der Waals surface area (Å²) in [6.07, 6.45) is 5.87. The summed E-state index contributed by atoms with van der Waals surface area (Å²) in [6, 6.07) is -0.0277. The lowest BCUT2D eigenvalue weighted by Gasteiger charge is -2.27. The lowest BCUT2D eigenvalue weighted by atomic mass is 10.1. The molecule has 0 spiro atoms. The van der Waals surface area contributed by atoms with Crippen LogP contribution in [0.3, 0.4) is 0 Å². The van der Waals surface area contributed by atoms with Gasteiger partial charge in [0.15, 0.2) is 0 Å². The zero-order valence-electron chi connectivity index (χ0n) is 12.6. The number of piperidine rings is 1. The van der Waals surface area contributed by atoms with Crippen molar-refractivity contribution in [3.8, 4) is 0 Å². The second-order valence-electron chi connectivity index (χ2n) is 5.81. The molecular weight excluding hydrogens is 254 g/mol. The van der Waals surface area contributed by atoms with Crippen LogP contribution in [0.2, 0.25) is 0 Å². The number of likely N-dealkylation sites (tertiary alicyclic amines) is 2. The van der Waals surface area contributed by atoms with Crippen molar-refractivity contribution in [1.82, 2.24) is 15.1 Å². The predicted molar refractivity (Wildman–Crippen MR) is 78.3 cm³/mol. The Hall–Kier alpha value is -1.10. The summed E-state index contributed by atoms with van der Waals surface area (Å²) < 4.78 is 0. The number of nitrogens with zero attached hydrogens (tertiary/aromatic N) is 2. The highest BCUT2D eigenvalue weighted by atomic mass is 16.2. The molecule has 0 radical (unpaired) electrons. The topological polar surface area (TPSA) is 52.7 Å². The Balaban J connectivity index is 1.71. The average Bonchev–Trinajstić information content (AvgIpc) is 2.84. The highest BCUT2D eigenvalue weighted by Gasteiger charge is 2.31. The molecule has 114 valence electrons. The van der Waals surface area contributed by atoms with Gasteiger partial charge < -0.3 is 15.1 Å². The molecule has 1 atom stereocenters. The van der Waals surface area contributed by atoms with Crippen molar-refractivity contribution in [2.75, 3.05) is 32.7 Å². The highest BCUT2D eigenvalue weighted by Crippen LogP contribution is 2.14. The SMILES string of the molecule is CCCNC1CCN(CCC(=O)N2CCCCC2)C1=O. The normalized spacial score (nSPS) is 23.4. The predicted octanol–water partition coefficient (Wildman–Crippen LogP) is 0.989. The fourth-order valence-corrected chi connectivity index (χ4v) is 3.00. The van der Waals surface area contributed by atoms with Gasteiger partial charge in [0.05, 0.1) is 6.04 Å². The van der Waals surface area contributed by atoms with Gasteiger partial charge in [-0.1, -0.05) is 6.92 Å². The molecule has 2 aliphatic rings. The van der Waals surface area contributed by atoms with Crippen LogP contribution in [0, 0.1) is 0 Å². The van der Waals surface area contributed by atoms with E-state index in [9.17, 15) is 9.59 Å². The maximum Gasteiger partial charge on any atom is 0.239 e. The molecule has 5 nitrogen and oxygen atoms in total. The number of carbonyl (C=O) groups is 2. The van der Waals surface area contributed by atoms with Crippen molar-refractivity contribution in [3.05, 3.63) is 0 Å². The molecule has 0 aliphatic carbocycles. The van der Waals surface area contributed by atoms with Gasteiger partial charge in [0.1, 0.15) is 0 Å². The van der Waals surface area contributed by atoms with Gasteiger partial charge >= 0.3 is 0 Å². The van der Waals surface area contributed by atoms with Crippen molar-refractivity contribution in [3.63, 3.8) is 0 Å². The molecule has 2 saturated heterocycles. The minimum Gasteiger partial charge on any atom is -0.343 e. The first-order chi connectivity index (χ1) is 9.72. The first-order valence-corrected chi connectivity index (χ1v) is 8.02. The first kappa shape index (κ1) is 15.3. The molecule has 0 saturated carbocycles. The van der Waals surface area contributed by atoms with Crippen LogP contribution < -0.4 is 5.32 Å². The van der Waals surface area contributed by atoms with E-state index in [0.29, 0.717) is 13.0 Å². The first-order valence-electron chi connectivity index (χ1n) is 8.02. The minimum absolute atomic E-state index is 0.0277. The molecule has 0 aromatic carbocycles. The Labute approximate surface area is 121 Å². The lowest BCUT2D eigenvalue weighted by Crippen LogP contribution is -2.41. The van der Waals surface area contributed by atoms with E-state index in [4.69, 9.17) is 0 Å². The van der Waals surface area contributed by atoms with E-state index in [1.807, 2.05) is 9.80 Å². The van der Waals surface area contributed by atoms with E-state index >= 15 is 0 Å². The van der Waals surface area contributed by atoms with Crippen molar-refractivity contribution in [1.29, 1.82) is 0 Å². The fourth-order valence-electron chi connectivity index (χ4n) is 3.00. The Bertz CT molecular complexity index is 340. The molecule has 0 bridgehead atoms. The molecule has 2 aliphatic heterocycles. The Morgan fingerprint density at radius 2 is 2.00 bits per heavy atom. The van der Waals surface area contributed by atoms with Crippen molar-refractivity contribution in [2.45, 2.75) is 51.5 Å². The van der Waals surface area contributed by atoms with Crippen LogP contribution in [0.1, 0.15) is 45.4 Å². The molecule has 20 heavy (non-hydrogen) atoms. The zero-order chi connectivity index (χ0) is 14.4. The van der Waals surface area contributed by atoms with Crippen LogP contribution in [0.4, 0.5) is 0 Å². The van der Waals surface area contributed by atoms with Crippen LogP contribution in [0.15, 0.2) is 0 Å². The van der Waals surface area contributed by atoms with Crippen LogP contribution in [0.25, 0.3) is 0 Å². The number of nitrogens with one attached hydrogen (secondary N) is 1. The van der Waals surface area contributed by atoms with Crippen LogP contribution in [0.5, 0.6) is 0 Å². The Kier molecular flexibility index (Phi) is 5.83. The van der Waals surface area contributed by atoms with Crippen molar-refractivity contribution < 1.29 is 9.59 Å². The van der Waals surface area contributed by atoms with E-state index in [0.717, 1.165) is 51.9 Å². The van der Waals surface area contributed by atoms with E-state index in [1.54, 1.807) is 0 Å². The molecule has 2 amide bonds. The molecule has 0 aromatic rings. The smallest absolute Gasteiger partial charge is 0.239 e. The van der Waals surface area contributed by atoms with Gasteiger partial charge in [-0.05, 0) is 38.6 Å². The van der Waals surface area contributed by atoms with Gasteiger partial charge in [-0.15, -0.1) is 0 Å². The number of rotatable bonds is 6. The lowest BCUT2D eigenvalue weighted by molar-refractivity contribution is -0.134. The van der Waals surface area contributed by atoms with Gasteiger partial charge in [-0.25, -0.2) is 0 Å². The molecule has 1 N–H and O–H groups in total. The summed E-state index contributed by atoms with van der Waals surface area (Å²) in [4.78, 5) is 28.0. The minimum atomic E-state index is -0.0277. The summed E-state index contributed by atoms with van der Waals surface area (Å²) in [5.41, 5.74) is 0. The van der Waals surface area contributed by atoms with E-state index in [1.165, 1.54) is 6.42 Å². The summed E-state index contributed by atoms with van der Waals surface area (Å²) >= 11 is 0. The van der Waals surface area contributed by atoms with Gasteiger partial charge in [-0.2, -0.15) is 0 Å². The molecule has 5 heteroatoms. The summed E-state index contributed by atoms with van der Waals surface area (Å²) in [6.45, 7) is 6.14. The van der Waals surface area contributed by atoms with Gasteiger partial charge in [0, 0.05) is 32.6 Å². The van der Waals surface area contributed by atoms with Gasteiger partial charge in [-0.3, -0.25) is 9.59 Å². The maximum absolute atomic E-state index is 12.1. The monoisotopic (exact) mass is 281 g/mol. The van der Waals surface area contributed by atoms with Crippen LogP contribution in [-0.4, -0.2) is 60.4 Å². The molecule has 2 fully saturated rings. The quantitative estimate of drug-likeness (QED) is 0.790. The van der Waals surface area contributed by atoms with E-state index < -0.39 is 0 Å². The molecule has 2 heterocycles. The summed E-state index contributed by atoms with van der Waals surface area (Å²) in [7, 11) is 0. The standard InChI is InChI=1S/C15H27N3O2/c1-2-8-16-13-6-11-18(15(13)20)12-7-14(19)17-9-4-3-5-10-17/h13,16H,2-12H2,1H3. The van der Waals surface area contributed by atoms with E-state index in [2.05, 4.69) is 12.2 Å². The highest BCUT2D eigenvalue weighted by molar-refractivity contribution is 5.84. The third-order valence-corrected chi connectivity index (χ3v) is 4.24. The third kappa shape index (κ3) is 3.95. The molecule has 2 rings (SSSR count). The third-order valence-electron chi connectivity index (χ3n) is 4.24. The zero-order valence-corrected chi connectivity index (χ0v) is 12.6. The fraction of sp³-hybridized carbons (Fsp3) is 0.867. The molecule has 1 unspecified atom stereocenters. The van der Waals surface area contributed by atoms with E-state index in [-0.39, 0.29) is 17.9 Å². The van der Waals surface area contributed by atoms with Gasteiger partial charge in [0.2, 0.25) is 11.8 Å². The summed E-state index contributed by atoms with van der Waals surface area (Å²) in [5.74, 6) is 0.382. The van der Waals surface area contributed by atoms with Gasteiger partial charge in [0.25, 0.3) is 0 Å². The number of hydrogen-bond donors (Lipinski definition) is 1. The van der Waals surface area contributed by atoms with Crippen LogP contribution >= 0.6 is 0 Å². The Morgan fingerprint density at radius 3 is 2.70 bits per heavy atom. The van der Waals surface area contributed by atoms with Crippen LogP contribution in [-0.2, 0) is 9.59 Å². The maximum atomic E-state index is 12.1. The molecule has 0 aromatic heterocycles. The van der Waals surface area contributed by atoms with Crippen molar-refractivity contribution in [2.24, 2.45) is 0 Å². The average molecular weight is 281 g/mol. The van der Waals surface area contributed by atoms with Crippen molar-refractivity contribution >= 4 is 11.8 Å².